The number of quaternary nitrogens is 1. The van der Waals surface area contributed by atoms with Gasteiger partial charge in [0.15, 0.2) is 0 Å². The third-order valence-corrected chi connectivity index (χ3v) is 13.6. The monoisotopic (exact) mass is 887 g/mol. The molecule has 0 saturated heterocycles. The normalized spacial score (nSPS) is 14.0. The van der Waals surface area contributed by atoms with Crippen LogP contribution in [0.15, 0.2) is 0 Å². The molecule has 3 atom stereocenters. The van der Waals surface area contributed by atoms with Gasteiger partial charge in [0.1, 0.15) is 13.2 Å². The molecule has 3 unspecified atom stereocenters. The fourth-order valence-corrected chi connectivity index (χ4v) is 9.06. The largest absolute Gasteiger partial charge is 0.756 e. The van der Waals surface area contributed by atoms with Crippen molar-refractivity contribution in [2.24, 2.45) is 0 Å². The van der Waals surface area contributed by atoms with E-state index in [4.69, 9.17) is 9.05 Å². The number of aliphatic hydroxyl groups is 1. The lowest BCUT2D eigenvalue weighted by atomic mass is 10.0. The number of rotatable bonds is 50. The van der Waals surface area contributed by atoms with Crippen molar-refractivity contribution < 1.29 is 32.9 Å². The van der Waals surface area contributed by atoms with Crippen LogP contribution in [0.3, 0.4) is 0 Å². The molecule has 0 rings (SSSR count). The second-order valence-corrected chi connectivity index (χ2v) is 21.4. The highest BCUT2D eigenvalue weighted by atomic mass is 31.2. The molecule has 0 aliphatic carbocycles. The number of phosphoric ester groups is 1. The maximum absolute atomic E-state index is 12.9. The summed E-state index contributed by atoms with van der Waals surface area (Å²) in [6, 6.07) is -0.794. The Morgan fingerprint density at radius 3 is 1.11 bits per heavy atom. The summed E-state index contributed by atoms with van der Waals surface area (Å²) in [6.45, 7) is 4.77. The van der Waals surface area contributed by atoms with Crippen molar-refractivity contribution in [3.63, 3.8) is 0 Å². The Hall–Kier alpha value is -0.500. The van der Waals surface area contributed by atoms with Crippen LogP contribution in [0.5, 0.6) is 0 Å². The van der Waals surface area contributed by atoms with Gasteiger partial charge in [0.05, 0.1) is 39.9 Å². The Morgan fingerprint density at radius 1 is 0.508 bits per heavy atom. The summed E-state index contributed by atoms with van der Waals surface area (Å²) >= 11 is 0. The van der Waals surface area contributed by atoms with Crippen LogP contribution in [0.4, 0.5) is 0 Å². The second-order valence-electron chi connectivity index (χ2n) is 20.0. The van der Waals surface area contributed by atoms with E-state index in [1.807, 2.05) is 21.1 Å². The van der Waals surface area contributed by atoms with Crippen LogP contribution in [-0.4, -0.2) is 68.5 Å². The lowest BCUT2D eigenvalue weighted by molar-refractivity contribution is -0.870. The summed E-state index contributed by atoms with van der Waals surface area (Å²) < 4.78 is 23.4. The summed E-state index contributed by atoms with van der Waals surface area (Å²) in [5, 5.41) is 14.0. The number of amides is 1. The lowest BCUT2D eigenvalue weighted by Gasteiger charge is -2.30. The van der Waals surface area contributed by atoms with Crippen LogP contribution in [0.25, 0.3) is 0 Å². The SMILES string of the molecule is CCCCCCCCCCCCCCCCCCCCCCCCC(O)C(COP(=O)([O-])OCC[N+](C)(C)C)NC(=O)CCCCCCCCCCCCCCCCCCC. The minimum Gasteiger partial charge on any atom is -0.756 e. The van der Waals surface area contributed by atoms with E-state index in [0.717, 1.165) is 38.5 Å². The Kier molecular flexibility index (Phi) is 44.3. The molecule has 0 saturated carbocycles. The standard InChI is InChI=1S/C52H107N2O6P/c1-6-8-10-12-14-16-18-20-22-24-25-26-27-28-30-31-33-35-37-39-41-43-45-51(55)50(49-60-61(57,58)59-48-47-54(3,4)5)53-52(56)46-44-42-40-38-36-34-32-29-23-21-19-17-15-13-11-9-7-2/h50-51,55H,6-49H2,1-5H3,(H-,53,56,57,58). The minimum absolute atomic E-state index is 0.0165. The first kappa shape index (κ1) is 60.5. The Morgan fingerprint density at radius 2 is 0.803 bits per heavy atom. The molecule has 1 amide bonds. The molecule has 0 radical (unpaired) electrons. The summed E-state index contributed by atoms with van der Waals surface area (Å²) in [6.07, 6.45) is 51.2. The van der Waals surface area contributed by atoms with E-state index in [1.54, 1.807) is 0 Å². The van der Waals surface area contributed by atoms with Gasteiger partial charge >= 0.3 is 0 Å². The van der Waals surface area contributed by atoms with E-state index in [-0.39, 0.29) is 19.1 Å². The molecular weight excluding hydrogens is 780 g/mol. The number of aliphatic hydroxyl groups excluding tert-OH is 1. The van der Waals surface area contributed by atoms with Crippen molar-refractivity contribution in [3.05, 3.63) is 0 Å². The number of nitrogens with one attached hydrogen (secondary N) is 1. The van der Waals surface area contributed by atoms with Crippen molar-refractivity contribution in [1.82, 2.24) is 5.32 Å². The number of likely N-dealkylation sites (N-methyl/N-ethyl adjacent to an activating group) is 1. The number of carbonyl (C=O) groups excluding carboxylic acids is 1. The van der Waals surface area contributed by atoms with Gasteiger partial charge in [0.2, 0.25) is 5.91 Å². The van der Waals surface area contributed by atoms with Crippen LogP contribution in [-0.2, 0) is 18.4 Å². The Balaban J connectivity index is 4.18. The maximum Gasteiger partial charge on any atom is 0.268 e. The van der Waals surface area contributed by atoms with Gasteiger partial charge < -0.3 is 28.8 Å². The fraction of sp³-hybridized carbons (Fsp3) is 0.981. The second kappa shape index (κ2) is 44.7. The maximum atomic E-state index is 12.9. The highest BCUT2D eigenvalue weighted by Crippen LogP contribution is 2.38. The Labute approximate surface area is 380 Å². The molecule has 61 heavy (non-hydrogen) atoms. The molecule has 0 aliphatic heterocycles. The van der Waals surface area contributed by atoms with Gasteiger partial charge in [-0.05, 0) is 12.8 Å². The summed E-state index contributed by atoms with van der Waals surface area (Å²) in [4.78, 5) is 25.5. The third-order valence-electron chi connectivity index (χ3n) is 12.6. The molecule has 0 aliphatic rings. The molecule has 0 aromatic heterocycles. The number of nitrogens with zero attached hydrogens (tertiary/aromatic N) is 1. The van der Waals surface area contributed by atoms with Crippen LogP contribution in [0, 0.1) is 0 Å². The zero-order valence-corrected chi connectivity index (χ0v) is 42.5. The lowest BCUT2D eigenvalue weighted by Crippen LogP contribution is -2.46. The van der Waals surface area contributed by atoms with Gasteiger partial charge in [0.25, 0.3) is 7.82 Å². The third kappa shape index (κ3) is 47.3. The minimum atomic E-state index is -4.56. The van der Waals surface area contributed by atoms with Gasteiger partial charge in [-0.1, -0.05) is 258 Å². The molecule has 0 bridgehead atoms. The van der Waals surface area contributed by atoms with Crippen LogP contribution < -0.4 is 10.2 Å². The van der Waals surface area contributed by atoms with Crippen LogP contribution in [0.1, 0.15) is 277 Å². The average Bonchev–Trinajstić information content (AvgIpc) is 3.21. The van der Waals surface area contributed by atoms with Crippen molar-refractivity contribution in [2.45, 2.75) is 289 Å². The smallest absolute Gasteiger partial charge is 0.268 e. The summed E-state index contributed by atoms with van der Waals surface area (Å²) in [5.74, 6) is -0.158. The molecule has 0 heterocycles. The Bertz CT molecular complexity index is 963. The van der Waals surface area contributed by atoms with Gasteiger partial charge in [-0.2, -0.15) is 0 Å². The first-order valence-electron chi connectivity index (χ1n) is 26.9. The van der Waals surface area contributed by atoms with Crippen molar-refractivity contribution in [2.75, 3.05) is 40.9 Å². The number of hydrogen-bond acceptors (Lipinski definition) is 6. The molecular formula is C52H107N2O6P. The van der Waals surface area contributed by atoms with Crippen molar-refractivity contribution in [3.8, 4) is 0 Å². The number of carbonyl (C=O) groups is 1. The molecule has 366 valence electrons. The van der Waals surface area contributed by atoms with E-state index in [0.29, 0.717) is 23.9 Å². The molecule has 2 N–H and O–H groups in total. The van der Waals surface area contributed by atoms with E-state index >= 15 is 0 Å². The highest BCUT2D eigenvalue weighted by Gasteiger charge is 2.24. The van der Waals surface area contributed by atoms with Crippen LogP contribution >= 0.6 is 7.82 Å². The van der Waals surface area contributed by atoms with Crippen molar-refractivity contribution in [1.29, 1.82) is 0 Å². The van der Waals surface area contributed by atoms with E-state index in [2.05, 4.69) is 19.2 Å². The summed E-state index contributed by atoms with van der Waals surface area (Å²) in [7, 11) is 1.32. The predicted octanol–water partition coefficient (Wildman–Crippen LogP) is 15.1. The van der Waals surface area contributed by atoms with Gasteiger partial charge in [-0.25, -0.2) is 0 Å². The van der Waals surface area contributed by atoms with Gasteiger partial charge in [-0.3, -0.25) is 9.36 Å². The van der Waals surface area contributed by atoms with Crippen LogP contribution in [0.2, 0.25) is 0 Å². The molecule has 8 nitrogen and oxygen atoms in total. The number of phosphoric acid groups is 1. The van der Waals surface area contributed by atoms with Crippen molar-refractivity contribution >= 4 is 13.7 Å². The average molecular weight is 887 g/mol. The first-order valence-corrected chi connectivity index (χ1v) is 28.3. The van der Waals surface area contributed by atoms with E-state index in [1.165, 1.54) is 212 Å². The molecule has 0 aromatic carbocycles. The molecule has 0 fully saturated rings. The topological polar surface area (TPSA) is 108 Å². The van der Waals surface area contributed by atoms with Gasteiger partial charge in [-0.15, -0.1) is 0 Å². The number of hydrogen-bond donors (Lipinski definition) is 2. The first-order chi connectivity index (χ1) is 29.5. The highest BCUT2D eigenvalue weighted by molar-refractivity contribution is 7.45. The molecule has 9 heteroatoms. The van der Waals surface area contributed by atoms with E-state index in [9.17, 15) is 19.4 Å². The predicted molar refractivity (Wildman–Crippen MR) is 261 cm³/mol. The number of unbranched alkanes of at least 4 members (excludes halogenated alkanes) is 37. The fourth-order valence-electron chi connectivity index (χ4n) is 8.34. The van der Waals surface area contributed by atoms with E-state index < -0.39 is 20.0 Å². The molecule has 0 spiro atoms. The van der Waals surface area contributed by atoms with Gasteiger partial charge in [0, 0.05) is 6.42 Å². The molecule has 0 aromatic rings. The quantitative estimate of drug-likeness (QED) is 0.0358. The zero-order valence-electron chi connectivity index (χ0n) is 41.7. The zero-order chi connectivity index (χ0) is 45.0. The summed E-state index contributed by atoms with van der Waals surface area (Å²) in [5.41, 5.74) is 0.